The molecule has 2 aromatic carbocycles. The molecular weight excluding hydrogens is 424 g/mol. The summed E-state index contributed by atoms with van der Waals surface area (Å²) in [6, 6.07) is 15.4. The van der Waals surface area contributed by atoms with Gasteiger partial charge in [-0.05, 0) is 35.4 Å². The number of rotatable bonds is 6. The highest BCUT2D eigenvalue weighted by Gasteiger charge is 2.09. The molecule has 128 valence electrons. The van der Waals surface area contributed by atoms with Crippen LogP contribution in [-0.2, 0) is 5.75 Å². The van der Waals surface area contributed by atoms with Gasteiger partial charge in [-0.1, -0.05) is 63.6 Å². The van der Waals surface area contributed by atoms with Crippen LogP contribution in [0, 0.1) is 0 Å². The molecule has 1 aromatic heterocycles. The molecular formula is C16H14BrClN6S. The summed E-state index contributed by atoms with van der Waals surface area (Å²) >= 11 is 10.8. The molecule has 3 N–H and O–H groups in total. The number of nitrogens with one attached hydrogen (secondary N) is 1. The minimum absolute atomic E-state index is 0.366. The number of nitrogen functional groups attached to an aromatic ring is 1. The summed E-state index contributed by atoms with van der Waals surface area (Å²) in [5.41, 5.74) is 4.87. The highest BCUT2D eigenvalue weighted by atomic mass is 79.9. The summed E-state index contributed by atoms with van der Waals surface area (Å²) in [4.78, 5) is 0. The van der Waals surface area contributed by atoms with Crippen molar-refractivity contribution in [2.24, 2.45) is 5.10 Å². The summed E-state index contributed by atoms with van der Waals surface area (Å²) in [5.74, 6) is 7.08. The SMILES string of the molecule is Nn1c(N/N=C/c2cccc(Br)c2)nnc1SCc1ccc(Cl)cc1. The maximum Gasteiger partial charge on any atom is 0.264 e. The summed E-state index contributed by atoms with van der Waals surface area (Å²) in [6.45, 7) is 0. The lowest BCUT2D eigenvalue weighted by molar-refractivity contribution is 0.847. The van der Waals surface area contributed by atoms with E-state index in [1.165, 1.54) is 16.4 Å². The van der Waals surface area contributed by atoms with Gasteiger partial charge in [0.05, 0.1) is 6.21 Å². The normalized spacial score (nSPS) is 11.1. The van der Waals surface area contributed by atoms with Crippen molar-refractivity contribution in [2.75, 3.05) is 11.3 Å². The molecule has 0 aliphatic carbocycles. The number of benzene rings is 2. The third-order valence-electron chi connectivity index (χ3n) is 3.17. The lowest BCUT2D eigenvalue weighted by atomic mass is 10.2. The standard InChI is InChI=1S/C16H14BrClN6S/c17-13-3-1-2-12(8-13)9-20-21-15-22-23-16(24(15)19)25-10-11-4-6-14(18)7-5-11/h1-9H,10,19H2,(H,21,22)/b20-9+. The Hall–Kier alpha value is -2.03. The van der Waals surface area contributed by atoms with Gasteiger partial charge in [0.15, 0.2) is 0 Å². The second-order valence-corrected chi connectivity index (χ2v) is 7.31. The van der Waals surface area contributed by atoms with Gasteiger partial charge in [-0.25, -0.2) is 10.1 Å². The number of hydrogen-bond acceptors (Lipinski definition) is 6. The highest BCUT2D eigenvalue weighted by molar-refractivity contribution is 9.10. The minimum Gasteiger partial charge on any atom is -0.334 e. The molecule has 3 aromatic rings. The zero-order valence-electron chi connectivity index (χ0n) is 12.9. The van der Waals surface area contributed by atoms with E-state index in [0.29, 0.717) is 21.9 Å². The third kappa shape index (κ3) is 4.97. The van der Waals surface area contributed by atoms with Gasteiger partial charge in [-0.3, -0.25) is 0 Å². The average molecular weight is 438 g/mol. The Morgan fingerprint density at radius 3 is 2.80 bits per heavy atom. The summed E-state index contributed by atoms with van der Waals surface area (Å²) < 4.78 is 2.36. The van der Waals surface area contributed by atoms with Crippen molar-refractivity contribution < 1.29 is 0 Å². The van der Waals surface area contributed by atoms with E-state index < -0.39 is 0 Å². The Bertz CT molecular complexity index is 881. The summed E-state index contributed by atoms with van der Waals surface area (Å²) in [6.07, 6.45) is 1.68. The van der Waals surface area contributed by atoms with E-state index in [1.807, 2.05) is 48.5 Å². The molecule has 6 nitrogen and oxygen atoms in total. The Kier molecular flexibility index (Phi) is 5.95. The van der Waals surface area contributed by atoms with Crippen LogP contribution in [0.3, 0.4) is 0 Å². The Labute approximate surface area is 162 Å². The van der Waals surface area contributed by atoms with Crippen LogP contribution in [0.15, 0.2) is 63.3 Å². The van der Waals surface area contributed by atoms with Crippen LogP contribution >= 0.6 is 39.3 Å². The number of halogens is 2. The molecule has 0 fully saturated rings. The highest BCUT2D eigenvalue weighted by Crippen LogP contribution is 2.22. The molecule has 0 saturated heterocycles. The van der Waals surface area contributed by atoms with Crippen LogP contribution in [0.4, 0.5) is 5.95 Å². The molecule has 0 spiro atoms. The molecule has 0 amide bonds. The zero-order chi connectivity index (χ0) is 17.6. The zero-order valence-corrected chi connectivity index (χ0v) is 16.1. The fourth-order valence-electron chi connectivity index (χ4n) is 1.93. The first-order chi connectivity index (χ1) is 12.1. The maximum atomic E-state index is 6.00. The Morgan fingerprint density at radius 2 is 2.04 bits per heavy atom. The second-order valence-electron chi connectivity index (χ2n) is 5.02. The van der Waals surface area contributed by atoms with E-state index in [2.05, 4.69) is 36.7 Å². The maximum absolute atomic E-state index is 6.00. The van der Waals surface area contributed by atoms with E-state index in [9.17, 15) is 0 Å². The first-order valence-electron chi connectivity index (χ1n) is 7.24. The number of hydrazone groups is 1. The van der Waals surface area contributed by atoms with Gasteiger partial charge in [-0.2, -0.15) is 5.10 Å². The second kappa shape index (κ2) is 8.37. The van der Waals surface area contributed by atoms with Crippen molar-refractivity contribution in [3.8, 4) is 0 Å². The summed E-state index contributed by atoms with van der Waals surface area (Å²) in [7, 11) is 0. The van der Waals surface area contributed by atoms with Gasteiger partial charge in [0.1, 0.15) is 0 Å². The number of hydrogen-bond donors (Lipinski definition) is 2. The molecule has 3 rings (SSSR count). The van der Waals surface area contributed by atoms with Gasteiger partial charge in [0, 0.05) is 15.2 Å². The van der Waals surface area contributed by atoms with E-state index in [-0.39, 0.29) is 0 Å². The number of nitrogens with zero attached hydrogens (tertiary/aromatic N) is 4. The number of anilines is 1. The van der Waals surface area contributed by atoms with Crippen LogP contribution in [0.1, 0.15) is 11.1 Å². The molecule has 0 aliphatic heterocycles. The summed E-state index contributed by atoms with van der Waals surface area (Å²) in [5, 5.41) is 13.5. The third-order valence-corrected chi connectivity index (χ3v) is 4.93. The molecule has 0 bridgehead atoms. The van der Waals surface area contributed by atoms with Gasteiger partial charge in [0.2, 0.25) is 5.16 Å². The molecule has 1 heterocycles. The predicted molar refractivity (Wildman–Crippen MR) is 107 cm³/mol. The van der Waals surface area contributed by atoms with Gasteiger partial charge >= 0.3 is 0 Å². The first kappa shape index (κ1) is 17.8. The van der Waals surface area contributed by atoms with Crippen LogP contribution in [-0.4, -0.2) is 21.1 Å². The van der Waals surface area contributed by atoms with Crippen LogP contribution in [0.25, 0.3) is 0 Å². The molecule has 0 atom stereocenters. The molecule has 0 unspecified atom stereocenters. The predicted octanol–water partition coefficient (Wildman–Crippen LogP) is 4.15. The lowest BCUT2D eigenvalue weighted by Gasteiger charge is -2.03. The van der Waals surface area contributed by atoms with Crippen molar-refractivity contribution in [3.63, 3.8) is 0 Å². The fraction of sp³-hybridized carbons (Fsp3) is 0.0625. The number of aromatic nitrogens is 3. The van der Waals surface area contributed by atoms with Crippen LogP contribution in [0.5, 0.6) is 0 Å². The molecule has 0 aliphatic rings. The van der Waals surface area contributed by atoms with Crippen molar-refractivity contribution in [2.45, 2.75) is 10.9 Å². The van der Waals surface area contributed by atoms with E-state index in [0.717, 1.165) is 15.6 Å². The van der Waals surface area contributed by atoms with Crippen LogP contribution < -0.4 is 11.3 Å². The van der Waals surface area contributed by atoms with Crippen molar-refractivity contribution >= 4 is 51.5 Å². The van der Waals surface area contributed by atoms with Gasteiger partial charge in [0.25, 0.3) is 5.95 Å². The number of thioether (sulfide) groups is 1. The van der Waals surface area contributed by atoms with E-state index in [1.54, 1.807) is 6.21 Å². The van der Waals surface area contributed by atoms with E-state index >= 15 is 0 Å². The topological polar surface area (TPSA) is 81.1 Å². The Balaban J connectivity index is 1.60. The Morgan fingerprint density at radius 1 is 1.24 bits per heavy atom. The van der Waals surface area contributed by atoms with Gasteiger partial charge in [-0.15, -0.1) is 10.2 Å². The smallest absolute Gasteiger partial charge is 0.264 e. The quantitative estimate of drug-likeness (QED) is 0.262. The van der Waals surface area contributed by atoms with Crippen LogP contribution in [0.2, 0.25) is 5.02 Å². The van der Waals surface area contributed by atoms with Crippen molar-refractivity contribution in [1.82, 2.24) is 14.9 Å². The molecule has 25 heavy (non-hydrogen) atoms. The monoisotopic (exact) mass is 436 g/mol. The fourth-order valence-corrected chi connectivity index (χ4v) is 3.29. The van der Waals surface area contributed by atoms with Crippen molar-refractivity contribution in [3.05, 3.63) is 69.2 Å². The molecule has 0 saturated carbocycles. The van der Waals surface area contributed by atoms with E-state index in [4.69, 9.17) is 17.4 Å². The largest absolute Gasteiger partial charge is 0.334 e. The number of nitrogens with two attached hydrogens (primary N) is 1. The minimum atomic E-state index is 0.366. The molecule has 9 heteroatoms. The molecule has 0 radical (unpaired) electrons. The lowest BCUT2D eigenvalue weighted by Crippen LogP contribution is -2.13. The first-order valence-corrected chi connectivity index (χ1v) is 9.40. The van der Waals surface area contributed by atoms with Crippen molar-refractivity contribution in [1.29, 1.82) is 0 Å². The van der Waals surface area contributed by atoms with Gasteiger partial charge < -0.3 is 5.84 Å². The average Bonchev–Trinajstić information content (AvgIpc) is 2.95.